The highest BCUT2D eigenvalue weighted by molar-refractivity contribution is 6.10. The van der Waals surface area contributed by atoms with Gasteiger partial charge in [0.05, 0.1) is 5.56 Å². The second kappa shape index (κ2) is 6.71. The van der Waals surface area contributed by atoms with Crippen LogP contribution in [0.2, 0.25) is 0 Å². The lowest BCUT2D eigenvalue weighted by molar-refractivity contribution is 0.102. The molecule has 0 unspecified atom stereocenters. The molecule has 1 amide bonds. The summed E-state index contributed by atoms with van der Waals surface area (Å²) in [6.07, 6.45) is 0.821. The third kappa shape index (κ3) is 2.78. The number of phenolic OH excluding ortho intramolecular Hbond substituents is 1. The molecule has 0 saturated carbocycles. The van der Waals surface area contributed by atoms with Crippen LogP contribution in [0.25, 0.3) is 32.7 Å². The van der Waals surface area contributed by atoms with Gasteiger partial charge in [0, 0.05) is 5.69 Å². The Hall–Kier alpha value is -4.11. The Morgan fingerprint density at radius 2 is 1.55 bits per heavy atom. The van der Waals surface area contributed by atoms with E-state index in [1.807, 2.05) is 36.4 Å². The largest absolute Gasteiger partial charge is 0.507 e. The first-order chi connectivity index (χ1) is 15.2. The van der Waals surface area contributed by atoms with Gasteiger partial charge in [-0.15, -0.1) is 0 Å². The van der Waals surface area contributed by atoms with E-state index in [2.05, 4.69) is 47.8 Å². The minimum absolute atomic E-state index is 0.00450. The first-order valence-corrected chi connectivity index (χ1v) is 10.3. The average Bonchev–Trinajstić information content (AvgIpc) is 3.19. The van der Waals surface area contributed by atoms with Crippen molar-refractivity contribution in [2.24, 2.45) is 0 Å². The number of anilines is 1. The quantitative estimate of drug-likeness (QED) is 0.347. The Morgan fingerprint density at radius 3 is 2.42 bits per heavy atom. The normalized spacial score (nSPS) is 12.0. The van der Waals surface area contributed by atoms with Crippen LogP contribution in [0.4, 0.5) is 5.69 Å². The number of fused-ring (bicyclic) bond motifs is 7. The van der Waals surface area contributed by atoms with Gasteiger partial charge in [-0.05, 0) is 74.5 Å². The number of nitrogens with one attached hydrogen (secondary N) is 1. The molecule has 0 atom stereocenters. The number of hydrogen-bond acceptors (Lipinski definition) is 2. The zero-order chi connectivity index (χ0) is 20.9. The fraction of sp³-hybridized carbons (Fsp3) is 0.0357. The summed E-state index contributed by atoms with van der Waals surface area (Å²) in [4.78, 5) is 12.8. The van der Waals surface area contributed by atoms with Crippen LogP contribution in [0.5, 0.6) is 5.75 Å². The van der Waals surface area contributed by atoms with Crippen molar-refractivity contribution in [3.05, 3.63) is 108 Å². The fourth-order valence-electron chi connectivity index (χ4n) is 4.72. The Bertz CT molecular complexity index is 1500. The molecule has 0 fully saturated rings. The number of para-hydroxylation sites is 1. The highest BCUT2D eigenvalue weighted by atomic mass is 16.3. The molecule has 5 aromatic carbocycles. The summed E-state index contributed by atoms with van der Waals surface area (Å²) in [5, 5.41) is 18.0. The van der Waals surface area contributed by atoms with Gasteiger partial charge in [-0.25, -0.2) is 0 Å². The van der Waals surface area contributed by atoms with Crippen LogP contribution < -0.4 is 5.32 Å². The second-order valence-corrected chi connectivity index (χ2v) is 8.00. The molecule has 0 heterocycles. The van der Waals surface area contributed by atoms with Gasteiger partial charge in [0.25, 0.3) is 5.91 Å². The highest BCUT2D eigenvalue weighted by Crippen LogP contribution is 2.45. The molecule has 5 aromatic rings. The predicted molar refractivity (Wildman–Crippen MR) is 126 cm³/mol. The summed E-state index contributed by atoms with van der Waals surface area (Å²) in [5.74, 6) is -0.324. The summed E-state index contributed by atoms with van der Waals surface area (Å²) in [5.41, 5.74) is 5.96. The molecule has 31 heavy (non-hydrogen) atoms. The maximum atomic E-state index is 12.8. The molecule has 3 heteroatoms. The molecule has 0 saturated heterocycles. The van der Waals surface area contributed by atoms with E-state index in [4.69, 9.17) is 0 Å². The maximum absolute atomic E-state index is 12.8. The molecular formula is C28H19NO2. The van der Waals surface area contributed by atoms with E-state index < -0.39 is 0 Å². The van der Waals surface area contributed by atoms with Gasteiger partial charge < -0.3 is 10.4 Å². The van der Waals surface area contributed by atoms with Gasteiger partial charge >= 0.3 is 0 Å². The van der Waals surface area contributed by atoms with Crippen molar-refractivity contribution >= 4 is 33.1 Å². The number of hydrogen-bond donors (Lipinski definition) is 2. The number of aromatic hydroxyl groups is 1. The molecule has 0 radical (unpaired) electrons. The summed E-state index contributed by atoms with van der Waals surface area (Å²) >= 11 is 0. The van der Waals surface area contributed by atoms with E-state index in [1.54, 1.807) is 12.1 Å². The van der Waals surface area contributed by atoms with Crippen molar-refractivity contribution in [2.45, 2.75) is 6.42 Å². The van der Waals surface area contributed by atoms with E-state index in [0.717, 1.165) is 17.2 Å². The van der Waals surface area contributed by atoms with Gasteiger partial charge in [0.1, 0.15) is 5.75 Å². The number of amides is 1. The molecule has 1 aliphatic carbocycles. The van der Waals surface area contributed by atoms with Crippen LogP contribution in [-0.2, 0) is 6.42 Å². The van der Waals surface area contributed by atoms with E-state index in [1.165, 1.54) is 33.0 Å². The van der Waals surface area contributed by atoms with Crippen LogP contribution in [0, 0.1) is 0 Å². The van der Waals surface area contributed by atoms with Crippen LogP contribution in [0.1, 0.15) is 21.5 Å². The van der Waals surface area contributed by atoms with Crippen molar-refractivity contribution in [1.82, 2.24) is 0 Å². The Kier molecular flexibility index (Phi) is 3.84. The molecule has 0 aliphatic heterocycles. The minimum Gasteiger partial charge on any atom is -0.507 e. The smallest absolute Gasteiger partial charge is 0.259 e. The van der Waals surface area contributed by atoms with Crippen molar-refractivity contribution in [3.8, 4) is 16.9 Å². The van der Waals surface area contributed by atoms with Crippen LogP contribution >= 0.6 is 0 Å². The molecule has 6 rings (SSSR count). The zero-order valence-electron chi connectivity index (χ0n) is 16.7. The first kappa shape index (κ1) is 17.7. The number of phenols is 1. The summed E-state index contributed by atoms with van der Waals surface area (Å²) in [6, 6.07) is 29.8. The summed E-state index contributed by atoms with van der Waals surface area (Å²) < 4.78 is 0. The van der Waals surface area contributed by atoms with E-state index in [9.17, 15) is 9.90 Å². The van der Waals surface area contributed by atoms with Gasteiger partial charge in [-0.2, -0.15) is 0 Å². The van der Waals surface area contributed by atoms with Crippen molar-refractivity contribution in [3.63, 3.8) is 0 Å². The predicted octanol–water partition coefficient (Wildman–Crippen LogP) is 6.52. The SMILES string of the molecule is O=C(Nc1ccccc1)c1cc2ccc3c(c2cc1O)Cc1ccc2ccccc2c1-3. The third-order valence-electron chi connectivity index (χ3n) is 6.18. The number of benzene rings is 5. The molecule has 148 valence electrons. The molecule has 1 aliphatic rings. The lowest BCUT2D eigenvalue weighted by Gasteiger charge is -2.11. The average molecular weight is 401 g/mol. The molecular weight excluding hydrogens is 382 g/mol. The van der Waals surface area contributed by atoms with Crippen LogP contribution in [0.3, 0.4) is 0 Å². The van der Waals surface area contributed by atoms with Crippen molar-refractivity contribution in [1.29, 1.82) is 0 Å². The second-order valence-electron chi connectivity index (χ2n) is 8.00. The van der Waals surface area contributed by atoms with Gasteiger partial charge in [-0.1, -0.05) is 66.7 Å². The number of rotatable bonds is 2. The lowest BCUT2D eigenvalue weighted by Crippen LogP contribution is -2.12. The number of carbonyl (C=O) groups excluding carboxylic acids is 1. The molecule has 0 bridgehead atoms. The lowest BCUT2D eigenvalue weighted by atomic mass is 9.95. The topological polar surface area (TPSA) is 49.3 Å². The Balaban J connectivity index is 1.47. The van der Waals surface area contributed by atoms with E-state index in [0.29, 0.717) is 5.69 Å². The molecule has 0 aromatic heterocycles. The highest BCUT2D eigenvalue weighted by Gasteiger charge is 2.24. The van der Waals surface area contributed by atoms with E-state index >= 15 is 0 Å². The monoisotopic (exact) mass is 401 g/mol. The first-order valence-electron chi connectivity index (χ1n) is 10.3. The molecule has 0 spiro atoms. The minimum atomic E-state index is -0.319. The Morgan fingerprint density at radius 1 is 0.774 bits per heavy atom. The molecule has 3 nitrogen and oxygen atoms in total. The summed E-state index contributed by atoms with van der Waals surface area (Å²) in [6.45, 7) is 0. The van der Waals surface area contributed by atoms with Gasteiger partial charge in [-0.3, -0.25) is 4.79 Å². The van der Waals surface area contributed by atoms with Gasteiger partial charge in [0.15, 0.2) is 0 Å². The van der Waals surface area contributed by atoms with Crippen molar-refractivity contribution in [2.75, 3.05) is 5.32 Å². The Labute approximate surface area is 179 Å². The number of carbonyl (C=O) groups is 1. The fourth-order valence-corrected chi connectivity index (χ4v) is 4.72. The standard InChI is InChI=1S/C28H19NO2/c30-26-16-23-18(14-25(26)28(31)29-20-7-2-1-3-8-20)12-13-22-24(23)15-19-11-10-17-6-4-5-9-21(17)27(19)22/h1-14,16,30H,15H2,(H,29,31). The van der Waals surface area contributed by atoms with Gasteiger partial charge in [0.2, 0.25) is 0 Å². The molecule has 2 N–H and O–H groups in total. The maximum Gasteiger partial charge on any atom is 0.259 e. The van der Waals surface area contributed by atoms with Crippen LogP contribution in [-0.4, -0.2) is 11.0 Å². The van der Waals surface area contributed by atoms with E-state index in [-0.39, 0.29) is 17.2 Å². The third-order valence-corrected chi connectivity index (χ3v) is 6.18. The van der Waals surface area contributed by atoms with Crippen LogP contribution in [0.15, 0.2) is 91.0 Å². The zero-order valence-corrected chi connectivity index (χ0v) is 16.7. The summed E-state index contributed by atoms with van der Waals surface area (Å²) in [7, 11) is 0. The van der Waals surface area contributed by atoms with Crippen molar-refractivity contribution < 1.29 is 9.90 Å².